The molecule has 0 saturated carbocycles. The van der Waals surface area contributed by atoms with Gasteiger partial charge in [0.05, 0.1) is 0 Å². The van der Waals surface area contributed by atoms with Crippen LogP contribution >= 0.6 is 0 Å². The molecule has 146 valence electrons. The van der Waals surface area contributed by atoms with E-state index in [-0.39, 0.29) is 12.8 Å². The summed E-state index contributed by atoms with van der Waals surface area (Å²) in [6.45, 7) is 3.20. The number of halogens is 4. The van der Waals surface area contributed by atoms with Crippen molar-refractivity contribution in [1.29, 1.82) is 0 Å². The largest absolute Gasteiger partial charge is 0.481 e. The maximum atomic E-state index is 12.9. The molecule has 0 heterocycles. The zero-order valence-electron chi connectivity index (χ0n) is 13.3. The molecule has 26 heavy (non-hydrogen) atoms. The number of benzene rings is 1. The van der Waals surface area contributed by atoms with Crippen molar-refractivity contribution in [3.8, 4) is 0 Å². The van der Waals surface area contributed by atoms with Crippen LogP contribution in [0.5, 0.6) is 0 Å². The number of carboxylic acids is 4. The maximum absolute atomic E-state index is 12.9. The van der Waals surface area contributed by atoms with E-state index >= 15 is 0 Å². The summed E-state index contributed by atoms with van der Waals surface area (Å²) in [4.78, 5) is 39.3. The lowest BCUT2D eigenvalue weighted by Gasteiger charge is -2.05. The summed E-state index contributed by atoms with van der Waals surface area (Å²) in [6.07, 6.45) is 0.444. The number of rotatable bonds is 4. The van der Waals surface area contributed by atoms with E-state index in [0.29, 0.717) is 0 Å². The molecule has 12 heteroatoms. The molecule has 0 spiro atoms. The van der Waals surface area contributed by atoms with Gasteiger partial charge in [-0.2, -0.15) is 0 Å². The van der Waals surface area contributed by atoms with Crippen LogP contribution < -0.4 is 0 Å². The molecule has 1 rings (SSSR count). The summed E-state index contributed by atoms with van der Waals surface area (Å²) >= 11 is 0. The summed E-state index contributed by atoms with van der Waals surface area (Å²) < 4.78 is 51.6. The standard InChI is InChI=1S/C8H2F4O4.2C3H6O2/c9-3-1(7(13)14)4(10)6(12)2(5(3)11)8(15)16;2*1-2-3(4)5/h(H,13,14)(H,15,16);2*2H2,1H3,(H,4,5). The zero-order valence-corrected chi connectivity index (χ0v) is 13.3. The second-order valence-electron chi connectivity index (χ2n) is 4.11. The van der Waals surface area contributed by atoms with Crippen molar-refractivity contribution in [1.82, 2.24) is 0 Å². The summed E-state index contributed by atoms with van der Waals surface area (Å²) in [7, 11) is 0. The summed E-state index contributed by atoms with van der Waals surface area (Å²) in [5, 5.41) is 32.0. The number of carboxylic acid groups (broad SMARTS) is 4. The Morgan fingerprint density at radius 3 is 0.846 bits per heavy atom. The van der Waals surface area contributed by atoms with Gasteiger partial charge >= 0.3 is 23.9 Å². The molecule has 0 amide bonds. The predicted octanol–water partition coefficient (Wildman–Crippen LogP) is 2.60. The molecule has 0 aliphatic heterocycles. The number of aliphatic carboxylic acids is 2. The van der Waals surface area contributed by atoms with Crippen LogP contribution in [0.3, 0.4) is 0 Å². The van der Waals surface area contributed by atoms with Crippen molar-refractivity contribution in [2.45, 2.75) is 26.7 Å². The van der Waals surface area contributed by atoms with Crippen molar-refractivity contribution >= 4 is 23.9 Å². The molecule has 0 unspecified atom stereocenters. The van der Waals surface area contributed by atoms with E-state index in [1.807, 2.05) is 0 Å². The number of hydrogen-bond donors (Lipinski definition) is 4. The quantitative estimate of drug-likeness (QED) is 0.456. The minimum atomic E-state index is -2.26. The van der Waals surface area contributed by atoms with Gasteiger partial charge in [0.25, 0.3) is 0 Å². The molecule has 0 aromatic heterocycles. The second-order valence-corrected chi connectivity index (χ2v) is 4.11. The van der Waals surface area contributed by atoms with Crippen molar-refractivity contribution in [2.75, 3.05) is 0 Å². The Morgan fingerprint density at radius 2 is 0.769 bits per heavy atom. The van der Waals surface area contributed by atoms with Gasteiger partial charge in [0, 0.05) is 12.8 Å². The van der Waals surface area contributed by atoms with Gasteiger partial charge in [-0.15, -0.1) is 0 Å². The van der Waals surface area contributed by atoms with E-state index in [1.54, 1.807) is 13.8 Å². The van der Waals surface area contributed by atoms with Gasteiger partial charge in [0.1, 0.15) is 11.1 Å². The lowest BCUT2D eigenvalue weighted by atomic mass is 10.1. The molecule has 1 aromatic carbocycles. The first-order valence-electron chi connectivity index (χ1n) is 6.59. The second kappa shape index (κ2) is 11.4. The van der Waals surface area contributed by atoms with Crippen molar-refractivity contribution in [3.05, 3.63) is 34.4 Å². The highest BCUT2D eigenvalue weighted by atomic mass is 19.2. The van der Waals surface area contributed by atoms with E-state index in [1.165, 1.54) is 0 Å². The van der Waals surface area contributed by atoms with Crippen LogP contribution in [0.25, 0.3) is 0 Å². The molecule has 0 radical (unpaired) electrons. The predicted molar refractivity (Wildman–Crippen MR) is 76.0 cm³/mol. The fourth-order valence-corrected chi connectivity index (χ4v) is 1.01. The average Bonchev–Trinajstić information content (AvgIpc) is 2.53. The molecule has 0 bridgehead atoms. The molecule has 0 saturated heterocycles. The maximum Gasteiger partial charge on any atom is 0.341 e. The van der Waals surface area contributed by atoms with Crippen LogP contribution in [-0.2, 0) is 9.59 Å². The molecule has 0 aliphatic carbocycles. The fourth-order valence-electron chi connectivity index (χ4n) is 1.01. The van der Waals surface area contributed by atoms with Gasteiger partial charge in [-0.25, -0.2) is 27.2 Å². The summed E-state index contributed by atoms with van der Waals surface area (Å²) in [6, 6.07) is 0. The van der Waals surface area contributed by atoms with E-state index in [9.17, 15) is 36.7 Å². The third-order valence-corrected chi connectivity index (χ3v) is 2.30. The molecular weight excluding hydrogens is 372 g/mol. The molecule has 0 atom stereocenters. The summed E-state index contributed by atoms with van der Waals surface area (Å²) in [5.41, 5.74) is -3.75. The van der Waals surface area contributed by atoms with Crippen LogP contribution in [0, 0.1) is 23.3 Å². The molecule has 0 fully saturated rings. The van der Waals surface area contributed by atoms with Gasteiger partial charge in [-0.05, 0) is 0 Å². The number of aromatic carboxylic acids is 2. The van der Waals surface area contributed by atoms with E-state index in [4.69, 9.17) is 20.4 Å². The Hall–Kier alpha value is -3.18. The average molecular weight is 386 g/mol. The smallest absolute Gasteiger partial charge is 0.341 e. The minimum Gasteiger partial charge on any atom is -0.481 e. The third-order valence-electron chi connectivity index (χ3n) is 2.30. The fraction of sp³-hybridized carbons (Fsp3) is 0.286. The minimum absolute atomic E-state index is 0.222. The Labute approximate surface area is 143 Å². The van der Waals surface area contributed by atoms with Gasteiger partial charge in [-0.1, -0.05) is 13.8 Å². The van der Waals surface area contributed by atoms with Crippen LogP contribution in [0.1, 0.15) is 47.4 Å². The molecule has 1 aromatic rings. The van der Waals surface area contributed by atoms with E-state index in [0.717, 1.165) is 0 Å². The SMILES string of the molecule is CCC(=O)O.CCC(=O)O.O=C(O)c1c(F)c(F)c(C(=O)O)c(F)c1F. The first-order valence-corrected chi connectivity index (χ1v) is 6.59. The highest BCUT2D eigenvalue weighted by molar-refractivity contribution is 5.92. The first-order chi connectivity index (χ1) is 11.8. The van der Waals surface area contributed by atoms with Crippen LogP contribution in [-0.4, -0.2) is 44.3 Å². The lowest BCUT2D eigenvalue weighted by Crippen LogP contribution is -2.15. The Bertz CT molecular complexity index is 615. The van der Waals surface area contributed by atoms with Crippen LogP contribution in [0.15, 0.2) is 0 Å². The monoisotopic (exact) mass is 386 g/mol. The number of carbonyl (C=O) groups is 4. The molecular formula is C14H14F4O8. The third kappa shape index (κ3) is 7.59. The molecule has 0 aliphatic rings. The number of hydrogen-bond acceptors (Lipinski definition) is 4. The topological polar surface area (TPSA) is 149 Å². The van der Waals surface area contributed by atoms with E-state index in [2.05, 4.69) is 0 Å². The molecule has 4 N–H and O–H groups in total. The lowest BCUT2D eigenvalue weighted by molar-refractivity contribution is -0.137. The van der Waals surface area contributed by atoms with Crippen molar-refractivity contribution < 1.29 is 57.2 Å². The first kappa shape index (κ1) is 25.1. The zero-order chi connectivity index (χ0) is 21.2. The highest BCUT2D eigenvalue weighted by Crippen LogP contribution is 2.24. The summed E-state index contributed by atoms with van der Waals surface area (Å²) in [5.74, 6) is -15.0. The van der Waals surface area contributed by atoms with Gasteiger partial charge < -0.3 is 20.4 Å². The van der Waals surface area contributed by atoms with Gasteiger partial charge in [-0.3, -0.25) is 9.59 Å². The van der Waals surface area contributed by atoms with Crippen molar-refractivity contribution in [3.63, 3.8) is 0 Å². The van der Waals surface area contributed by atoms with E-state index < -0.39 is 58.3 Å². The van der Waals surface area contributed by atoms with Gasteiger partial charge in [0.2, 0.25) is 0 Å². The normalized spacial score (nSPS) is 9.15. The van der Waals surface area contributed by atoms with Gasteiger partial charge in [0.15, 0.2) is 23.3 Å². The van der Waals surface area contributed by atoms with Crippen molar-refractivity contribution in [2.24, 2.45) is 0 Å². The molecule has 8 nitrogen and oxygen atoms in total. The Kier molecular flexibility index (Phi) is 11.0. The van der Waals surface area contributed by atoms with Crippen LogP contribution in [0.4, 0.5) is 17.6 Å². The van der Waals surface area contributed by atoms with Crippen LogP contribution in [0.2, 0.25) is 0 Å². The Morgan fingerprint density at radius 1 is 0.615 bits per heavy atom. The highest BCUT2D eigenvalue weighted by Gasteiger charge is 2.32. The Balaban J connectivity index is 0.